The molecule has 0 aromatic heterocycles. The largest absolute Gasteiger partial charge is 0.453 e. The van der Waals surface area contributed by atoms with Crippen LogP contribution in [0.2, 0.25) is 0 Å². The van der Waals surface area contributed by atoms with Gasteiger partial charge in [-0.3, -0.25) is 0 Å². The first kappa shape index (κ1) is 16.1. The van der Waals surface area contributed by atoms with Gasteiger partial charge < -0.3 is 9.47 Å². The lowest BCUT2D eigenvalue weighted by atomic mass is 10.3. The molecule has 0 spiro atoms. The second kappa shape index (κ2) is 9.13. The van der Waals surface area contributed by atoms with Crippen LogP contribution in [0.5, 0.6) is 0 Å². The minimum atomic E-state index is -0.989. The van der Waals surface area contributed by atoms with E-state index in [1.165, 1.54) is 0 Å². The molecule has 0 heterocycles. The van der Waals surface area contributed by atoms with Gasteiger partial charge in [-0.05, 0) is 27.7 Å². The van der Waals surface area contributed by atoms with Crippen molar-refractivity contribution in [3.8, 4) is 23.7 Å². The zero-order valence-corrected chi connectivity index (χ0v) is 11.2. The SMILES string of the molecule is CC#CCC(C)OC(=O)C(=O)OC(C)CC#CC. The standard InChI is InChI=1S/C14H18O4/c1-5-7-9-11(3)17-13(15)14(16)18-12(4)10-8-6-2/h11-12H,9-10H2,1-4H3. The van der Waals surface area contributed by atoms with E-state index in [-0.39, 0.29) is 0 Å². The number of ether oxygens (including phenoxy) is 2. The van der Waals surface area contributed by atoms with E-state index in [0.29, 0.717) is 12.8 Å². The van der Waals surface area contributed by atoms with Crippen LogP contribution in [0.15, 0.2) is 0 Å². The lowest BCUT2D eigenvalue weighted by molar-refractivity contribution is -0.172. The van der Waals surface area contributed by atoms with Crippen LogP contribution in [0.3, 0.4) is 0 Å². The highest BCUT2D eigenvalue weighted by molar-refractivity contribution is 6.29. The molecule has 2 unspecified atom stereocenters. The monoisotopic (exact) mass is 250 g/mol. The van der Waals surface area contributed by atoms with Gasteiger partial charge in [0.25, 0.3) is 0 Å². The third kappa shape index (κ3) is 7.35. The third-order valence-electron chi connectivity index (χ3n) is 1.92. The third-order valence-corrected chi connectivity index (χ3v) is 1.92. The van der Waals surface area contributed by atoms with Gasteiger partial charge in [0.2, 0.25) is 0 Å². The summed E-state index contributed by atoms with van der Waals surface area (Å²) in [6, 6.07) is 0. The highest BCUT2D eigenvalue weighted by atomic mass is 16.6. The van der Waals surface area contributed by atoms with E-state index >= 15 is 0 Å². The molecule has 18 heavy (non-hydrogen) atoms. The summed E-state index contributed by atoms with van der Waals surface area (Å²) in [7, 11) is 0. The summed E-state index contributed by atoms with van der Waals surface area (Å²) in [6.07, 6.45) is -0.0647. The van der Waals surface area contributed by atoms with Crippen LogP contribution in [-0.4, -0.2) is 24.1 Å². The van der Waals surface area contributed by atoms with E-state index in [0.717, 1.165) is 0 Å². The highest BCUT2D eigenvalue weighted by Crippen LogP contribution is 2.01. The van der Waals surface area contributed by atoms with Crippen LogP contribution in [-0.2, 0) is 19.1 Å². The van der Waals surface area contributed by atoms with Crippen molar-refractivity contribution in [3.05, 3.63) is 0 Å². The van der Waals surface area contributed by atoms with Crippen molar-refractivity contribution in [1.82, 2.24) is 0 Å². The minimum absolute atomic E-state index is 0.395. The molecule has 0 aromatic carbocycles. The maximum absolute atomic E-state index is 11.3. The Morgan fingerprint density at radius 3 is 1.50 bits per heavy atom. The van der Waals surface area contributed by atoms with E-state index in [9.17, 15) is 9.59 Å². The van der Waals surface area contributed by atoms with Crippen molar-refractivity contribution >= 4 is 11.9 Å². The van der Waals surface area contributed by atoms with Crippen molar-refractivity contribution in [1.29, 1.82) is 0 Å². The van der Waals surface area contributed by atoms with Crippen molar-refractivity contribution in [2.75, 3.05) is 0 Å². The first-order valence-corrected chi connectivity index (χ1v) is 5.72. The summed E-state index contributed by atoms with van der Waals surface area (Å²) in [5.74, 6) is 8.92. The van der Waals surface area contributed by atoms with Gasteiger partial charge in [-0.1, -0.05) is 11.8 Å². The van der Waals surface area contributed by atoms with E-state index in [4.69, 9.17) is 9.47 Å². The zero-order chi connectivity index (χ0) is 14.0. The quantitative estimate of drug-likeness (QED) is 0.433. The molecule has 0 bridgehead atoms. The number of hydrogen-bond donors (Lipinski definition) is 0. The van der Waals surface area contributed by atoms with Crippen LogP contribution in [0.25, 0.3) is 0 Å². The minimum Gasteiger partial charge on any atom is -0.453 e. The predicted octanol–water partition coefficient (Wildman–Crippen LogP) is 1.68. The fourth-order valence-electron chi connectivity index (χ4n) is 1.04. The van der Waals surface area contributed by atoms with Gasteiger partial charge in [0.15, 0.2) is 0 Å². The van der Waals surface area contributed by atoms with Gasteiger partial charge in [0.05, 0.1) is 0 Å². The summed E-state index contributed by atoms with van der Waals surface area (Å²) < 4.78 is 9.74. The van der Waals surface area contributed by atoms with Crippen LogP contribution in [0.1, 0.15) is 40.5 Å². The zero-order valence-electron chi connectivity index (χ0n) is 11.2. The highest BCUT2D eigenvalue weighted by Gasteiger charge is 2.21. The molecule has 0 aliphatic heterocycles. The molecule has 2 atom stereocenters. The summed E-state index contributed by atoms with van der Waals surface area (Å²) in [4.78, 5) is 22.7. The number of esters is 2. The van der Waals surface area contributed by atoms with Crippen LogP contribution < -0.4 is 0 Å². The predicted molar refractivity (Wildman–Crippen MR) is 67.2 cm³/mol. The smallest absolute Gasteiger partial charge is 0.417 e. The maximum atomic E-state index is 11.3. The van der Waals surface area contributed by atoms with Crippen molar-refractivity contribution in [2.24, 2.45) is 0 Å². The Morgan fingerprint density at radius 2 is 1.22 bits per heavy atom. The number of rotatable bonds is 4. The Kier molecular flexibility index (Phi) is 8.14. The summed E-state index contributed by atoms with van der Waals surface area (Å²) >= 11 is 0. The van der Waals surface area contributed by atoms with Gasteiger partial charge in [-0.2, -0.15) is 0 Å². The molecule has 0 aromatic rings. The molecular formula is C14H18O4. The molecule has 98 valence electrons. The van der Waals surface area contributed by atoms with Crippen LogP contribution >= 0.6 is 0 Å². The van der Waals surface area contributed by atoms with Crippen molar-refractivity contribution < 1.29 is 19.1 Å². The van der Waals surface area contributed by atoms with Crippen molar-refractivity contribution in [3.63, 3.8) is 0 Å². The summed E-state index contributed by atoms with van der Waals surface area (Å²) in [5.41, 5.74) is 0. The lowest BCUT2D eigenvalue weighted by Gasteiger charge is -2.12. The Hall–Kier alpha value is -1.94. The first-order valence-electron chi connectivity index (χ1n) is 5.72. The van der Waals surface area contributed by atoms with Gasteiger partial charge in [-0.15, -0.1) is 11.8 Å². The molecule has 0 aliphatic rings. The summed E-state index contributed by atoms with van der Waals surface area (Å²) in [6.45, 7) is 6.72. The molecule has 0 aliphatic carbocycles. The molecule has 0 rings (SSSR count). The molecule has 0 saturated heterocycles. The van der Waals surface area contributed by atoms with Crippen molar-refractivity contribution in [2.45, 2.75) is 52.7 Å². The van der Waals surface area contributed by atoms with Crippen LogP contribution in [0.4, 0.5) is 0 Å². The molecule has 0 radical (unpaired) electrons. The maximum Gasteiger partial charge on any atom is 0.417 e. The molecule has 0 fully saturated rings. The van der Waals surface area contributed by atoms with Crippen LogP contribution in [0, 0.1) is 23.7 Å². The van der Waals surface area contributed by atoms with Gasteiger partial charge >= 0.3 is 11.9 Å². The fourth-order valence-corrected chi connectivity index (χ4v) is 1.04. The van der Waals surface area contributed by atoms with Gasteiger partial charge in [0, 0.05) is 12.8 Å². The molecule has 4 heteroatoms. The topological polar surface area (TPSA) is 52.6 Å². The Bertz CT molecular complexity index is 363. The summed E-state index contributed by atoms with van der Waals surface area (Å²) in [5, 5.41) is 0. The molecule has 0 saturated carbocycles. The Morgan fingerprint density at radius 1 is 0.889 bits per heavy atom. The number of hydrogen-bond acceptors (Lipinski definition) is 4. The Balaban J connectivity index is 4.11. The molecular weight excluding hydrogens is 232 g/mol. The average molecular weight is 250 g/mol. The van der Waals surface area contributed by atoms with E-state index < -0.39 is 24.1 Å². The molecule has 4 nitrogen and oxygen atoms in total. The fraction of sp³-hybridized carbons (Fsp3) is 0.571. The second-order valence-corrected chi connectivity index (χ2v) is 3.69. The number of carbonyl (C=O) groups excluding carboxylic acids is 2. The average Bonchev–Trinajstić information content (AvgIpc) is 2.33. The van der Waals surface area contributed by atoms with E-state index in [1.807, 2.05) is 0 Å². The lowest BCUT2D eigenvalue weighted by Crippen LogP contribution is -2.27. The van der Waals surface area contributed by atoms with E-state index in [2.05, 4.69) is 23.7 Å². The Labute approximate surface area is 108 Å². The van der Waals surface area contributed by atoms with Gasteiger partial charge in [-0.25, -0.2) is 9.59 Å². The molecule has 0 amide bonds. The normalized spacial score (nSPS) is 12.0. The number of carbonyl (C=O) groups is 2. The second-order valence-electron chi connectivity index (χ2n) is 3.69. The van der Waals surface area contributed by atoms with Gasteiger partial charge in [0.1, 0.15) is 12.2 Å². The van der Waals surface area contributed by atoms with E-state index in [1.54, 1.807) is 27.7 Å². The molecule has 0 N–H and O–H groups in total. The first-order chi connectivity index (χ1) is 8.51.